The van der Waals surface area contributed by atoms with Crippen LogP contribution in [0.5, 0.6) is 5.75 Å². The van der Waals surface area contributed by atoms with Crippen LogP contribution >= 0.6 is 22.9 Å². The van der Waals surface area contributed by atoms with Gasteiger partial charge >= 0.3 is 6.09 Å². The van der Waals surface area contributed by atoms with Crippen molar-refractivity contribution in [3.05, 3.63) is 46.4 Å². The number of thiophene rings is 1. The number of pyridine rings is 1. The fraction of sp³-hybridized carbons (Fsp3) is 0.300. The lowest BCUT2D eigenvalue weighted by molar-refractivity contribution is 0.0791. The molecule has 0 spiro atoms. The fourth-order valence-corrected chi connectivity index (χ4v) is 4.60. The molecule has 2 aromatic heterocycles. The second kappa shape index (κ2) is 7.37. The third kappa shape index (κ3) is 3.59. The number of ether oxygens (including phenoxy) is 1. The molecule has 3 aromatic rings. The second-order valence-electron chi connectivity index (χ2n) is 6.71. The Balaban J connectivity index is 1.75. The first-order valence-corrected chi connectivity index (χ1v) is 10.1. The highest BCUT2D eigenvalue weighted by atomic mass is 35.5. The predicted molar refractivity (Wildman–Crippen MR) is 108 cm³/mol. The van der Waals surface area contributed by atoms with Crippen LogP contribution in [0, 0.1) is 6.92 Å². The summed E-state index contributed by atoms with van der Waals surface area (Å²) in [5.41, 5.74) is 2.87. The van der Waals surface area contributed by atoms with Crippen LogP contribution in [0.2, 0.25) is 5.02 Å². The summed E-state index contributed by atoms with van der Waals surface area (Å²) in [5.74, 6) is 0.760. The molecule has 7 heteroatoms. The zero-order valence-electron chi connectivity index (χ0n) is 14.8. The van der Waals surface area contributed by atoms with Crippen molar-refractivity contribution >= 4 is 39.2 Å². The lowest BCUT2D eigenvalue weighted by atomic mass is 10.00. The number of aryl methyl sites for hydroxylation is 1. The number of hydrogen-bond acceptors (Lipinski definition) is 4. The third-order valence-corrected chi connectivity index (χ3v) is 5.87. The first kappa shape index (κ1) is 18.1. The van der Waals surface area contributed by atoms with Gasteiger partial charge < -0.3 is 14.7 Å². The quantitative estimate of drug-likeness (QED) is 0.633. The van der Waals surface area contributed by atoms with Crippen molar-refractivity contribution < 1.29 is 14.6 Å². The Morgan fingerprint density at radius 1 is 1.37 bits per heavy atom. The Hall–Kier alpha value is -2.31. The van der Waals surface area contributed by atoms with Crippen LogP contribution in [-0.4, -0.2) is 40.3 Å². The van der Waals surface area contributed by atoms with Crippen molar-refractivity contribution in [3.8, 4) is 16.9 Å². The summed E-state index contributed by atoms with van der Waals surface area (Å²) in [6, 6.07) is 7.81. The van der Waals surface area contributed by atoms with Gasteiger partial charge in [0.2, 0.25) is 0 Å². The molecule has 140 valence electrons. The van der Waals surface area contributed by atoms with Gasteiger partial charge in [0, 0.05) is 28.7 Å². The Bertz CT molecular complexity index is 1000. The van der Waals surface area contributed by atoms with Gasteiger partial charge in [0.15, 0.2) is 0 Å². The number of halogens is 1. The number of piperidine rings is 1. The van der Waals surface area contributed by atoms with Gasteiger partial charge in [0.1, 0.15) is 16.7 Å². The molecule has 1 saturated heterocycles. The normalized spacial score (nSPS) is 17.3. The summed E-state index contributed by atoms with van der Waals surface area (Å²) < 4.78 is 6.35. The van der Waals surface area contributed by atoms with Gasteiger partial charge in [-0.25, -0.2) is 9.78 Å². The maximum absolute atomic E-state index is 11.3. The molecule has 0 radical (unpaired) electrons. The van der Waals surface area contributed by atoms with E-state index in [1.165, 1.54) is 4.90 Å². The number of hydrogen-bond donors (Lipinski definition) is 1. The highest BCUT2D eigenvalue weighted by Crippen LogP contribution is 2.40. The van der Waals surface area contributed by atoms with E-state index in [2.05, 4.69) is 11.1 Å². The van der Waals surface area contributed by atoms with Crippen molar-refractivity contribution in [2.45, 2.75) is 25.9 Å². The fourth-order valence-electron chi connectivity index (χ4n) is 3.57. The van der Waals surface area contributed by atoms with Gasteiger partial charge in [-0.2, -0.15) is 0 Å². The third-order valence-electron chi connectivity index (χ3n) is 4.83. The molecule has 27 heavy (non-hydrogen) atoms. The van der Waals surface area contributed by atoms with Crippen LogP contribution in [-0.2, 0) is 0 Å². The highest BCUT2D eigenvalue weighted by molar-refractivity contribution is 7.16. The first-order chi connectivity index (χ1) is 13.0. The SMILES string of the molecule is Cc1cc(Cl)cc(-c2ccnc3sccc23)c1O[C@H]1CCCN(C(=O)O)C1. The minimum absolute atomic E-state index is 0.173. The predicted octanol–water partition coefficient (Wildman–Crippen LogP) is 5.45. The summed E-state index contributed by atoms with van der Waals surface area (Å²) in [7, 11) is 0. The smallest absolute Gasteiger partial charge is 0.407 e. The van der Waals surface area contributed by atoms with Gasteiger partial charge in [-0.3, -0.25) is 0 Å². The number of carbonyl (C=O) groups is 1. The topological polar surface area (TPSA) is 62.7 Å². The van der Waals surface area contributed by atoms with E-state index in [0.717, 1.165) is 45.5 Å². The molecule has 0 unspecified atom stereocenters. The monoisotopic (exact) mass is 402 g/mol. The number of rotatable bonds is 3. The van der Waals surface area contributed by atoms with E-state index in [1.807, 2.05) is 30.5 Å². The molecule has 4 rings (SSSR count). The molecular weight excluding hydrogens is 384 g/mol. The van der Waals surface area contributed by atoms with E-state index in [-0.39, 0.29) is 6.10 Å². The van der Waals surface area contributed by atoms with Crippen molar-refractivity contribution in [1.29, 1.82) is 0 Å². The molecule has 1 atom stereocenters. The number of fused-ring (bicyclic) bond motifs is 1. The molecular formula is C20H19ClN2O3S. The average molecular weight is 403 g/mol. The van der Waals surface area contributed by atoms with E-state index in [9.17, 15) is 9.90 Å². The molecule has 1 N–H and O–H groups in total. The molecule has 1 aliphatic rings. The van der Waals surface area contributed by atoms with Crippen molar-refractivity contribution in [1.82, 2.24) is 9.88 Å². The van der Waals surface area contributed by atoms with Crippen LogP contribution in [0.25, 0.3) is 21.3 Å². The Morgan fingerprint density at radius 3 is 3.04 bits per heavy atom. The number of carboxylic acid groups (broad SMARTS) is 1. The molecule has 0 aliphatic carbocycles. The van der Waals surface area contributed by atoms with Crippen molar-refractivity contribution in [2.75, 3.05) is 13.1 Å². The van der Waals surface area contributed by atoms with Crippen LogP contribution in [0.1, 0.15) is 18.4 Å². The van der Waals surface area contributed by atoms with Crippen LogP contribution in [0.3, 0.4) is 0 Å². The summed E-state index contributed by atoms with van der Waals surface area (Å²) >= 11 is 7.94. The van der Waals surface area contributed by atoms with E-state index < -0.39 is 6.09 Å². The maximum atomic E-state index is 11.3. The molecule has 5 nitrogen and oxygen atoms in total. The molecule has 0 saturated carbocycles. The van der Waals surface area contributed by atoms with Crippen LogP contribution in [0.4, 0.5) is 4.79 Å². The number of benzene rings is 1. The highest BCUT2D eigenvalue weighted by Gasteiger charge is 2.26. The zero-order chi connectivity index (χ0) is 19.0. The minimum atomic E-state index is -0.898. The molecule has 1 aromatic carbocycles. The van der Waals surface area contributed by atoms with Crippen LogP contribution < -0.4 is 4.74 Å². The Morgan fingerprint density at radius 2 is 2.22 bits per heavy atom. The standard InChI is InChI=1S/C20H19ClN2O3S/c1-12-9-13(21)10-17(15-4-6-22-19-16(15)5-8-27-19)18(12)26-14-3-2-7-23(11-14)20(24)25/h4-6,8-10,14H,2-3,7,11H2,1H3,(H,24,25)/t14-/m0/s1. The largest absolute Gasteiger partial charge is 0.488 e. The summed E-state index contributed by atoms with van der Waals surface area (Å²) in [6.45, 7) is 2.90. The molecule has 1 fully saturated rings. The van der Waals surface area contributed by atoms with Gasteiger partial charge in [0.25, 0.3) is 0 Å². The molecule has 1 aliphatic heterocycles. The average Bonchev–Trinajstić information content (AvgIpc) is 3.13. The van der Waals surface area contributed by atoms with Crippen molar-refractivity contribution in [2.24, 2.45) is 0 Å². The molecule has 0 bridgehead atoms. The van der Waals surface area contributed by atoms with Gasteiger partial charge in [-0.1, -0.05) is 11.6 Å². The lowest BCUT2D eigenvalue weighted by Crippen LogP contribution is -2.43. The van der Waals surface area contributed by atoms with E-state index in [4.69, 9.17) is 16.3 Å². The summed E-state index contributed by atoms with van der Waals surface area (Å²) in [6.07, 6.45) is 2.35. The second-order valence-corrected chi connectivity index (χ2v) is 8.04. The number of aromatic nitrogens is 1. The van der Waals surface area contributed by atoms with Gasteiger partial charge in [-0.05, 0) is 60.5 Å². The first-order valence-electron chi connectivity index (χ1n) is 8.80. The van der Waals surface area contributed by atoms with Crippen molar-refractivity contribution in [3.63, 3.8) is 0 Å². The summed E-state index contributed by atoms with van der Waals surface area (Å²) in [5, 5.41) is 13.0. The maximum Gasteiger partial charge on any atom is 0.407 e. The molecule has 3 heterocycles. The summed E-state index contributed by atoms with van der Waals surface area (Å²) in [4.78, 5) is 18.1. The van der Waals surface area contributed by atoms with Crippen LogP contribution in [0.15, 0.2) is 35.8 Å². The Labute approximate surface area is 166 Å². The number of nitrogens with zero attached hydrogens (tertiary/aromatic N) is 2. The number of amides is 1. The molecule has 1 amide bonds. The minimum Gasteiger partial charge on any atom is -0.488 e. The van der Waals surface area contributed by atoms with E-state index in [0.29, 0.717) is 18.1 Å². The lowest BCUT2D eigenvalue weighted by Gasteiger charge is -2.32. The Kier molecular flexibility index (Phi) is 4.93. The van der Waals surface area contributed by atoms with E-state index in [1.54, 1.807) is 17.5 Å². The number of likely N-dealkylation sites (tertiary alicyclic amines) is 1. The van der Waals surface area contributed by atoms with Gasteiger partial charge in [-0.15, -0.1) is 11.3 Å². The van der Waals surface area contributed by atoms with E-state index >= 15 is 0 Å². The van der Waals surface area contributed by atoms with Gasteiger partial charge in [0.05, 0.1) is 6.54 Å². The zero-order valence-corrected chi connectivity index (χ0v) is 16.4.